The van der Waals surface area contributed by atoms with Crippen molar-refractivity contribution >= 4 is 91.2 Å². The summed E-state index contributed by atoms with van der Waals surface area (Å²) < 4.78 is 6.49. The number of carbonyl (C=O) groups excluding carboxylic acids is 3. The molecule has 184 valence electrons. The largest absolute Gasteiger partial charge is 0.394 e. The van der Waals surface area contributed by atoms with E-state index in [1.807, 2.05) is 67.8 Å². The van der Waals surface area contributed by atoms with E-state index >= 15 is 0 Å². The lowest BCUT2D eigenvalue weighted by Crippen LogP contribution is -2.37. The van der Waals surface area contributed by atoms with Crippen molar-refractivity contribution in [3.8, 4) is 0 Å². The van der Waals surface area contributed by atoms with E-state index in [0.29, 0.717) is 23.7 Å². The molecule has 2 rings (SSSR count). The van der Waals surface area contributed by atoms with Crippen molar-refractivity contribution in [3.05, 3.63) is 21.8 Å². The standard InChI is InChI=1S/C19H24I3N3O8/c20-13-11(18(31)23-4-8(28)6-26)14(21)16(25-17(30)10-2-1-3-33-10)15(22)12(13)19(32)24-5-9(29)7-27/h8-10,26-29H,1-7H2,(H,23,31)(H,24,32)(H,25,30). The Hall–Kier alpha value is -0.380. The van der Waals surface area contributed by atoms with Crippen LogP contribution in [0, 0.1) is 10.7 Å². The zero-order valence-electron chi connectivity index (χ0n) is 17.2. The van der Waals surface area contributed by atoms with E-state index in [2.05, 4.69) is 16.0 Å². The number of nitrogens with one attached hydrogen (secondary N) is 3. The van der Waals surface area contributed by atoms with E-state index < -0.39 is 49.2 Å². The molecule has 1 aromatic carbocycles. The van der Waals surface area contributed by atoms with Crippen molar-refractivity contribution in [1.29, 1.82) is 0 Å². The highest BCUT2D eigenvalue weighted by Gasteiger charge is 2.31. The van der Waals surface area contributed by atoms with Crippen LogP contribution < -0.4 is 16.0 Å². The Bertz CT molecular complexity index is 843. The Balaban J connectivity index is 2.49. The zero-order valence-corrected chi connectivity index (χ0v) is 23.7. The van der Waals surface area contributed by atoms with Crippen LogP contribution in [0.5, 0.6) is 0 Å². The summed E-state index contributed by atoms with van der Waals surface area (Å²) >= 11 is 5.66. The van der Waals surface area contributed by atoms with Gasteiger partial charge in [0.15, 0.2) is 0 Å². The molecule has 3 atom stereocenters. The highest BCUT2D eigenvalue weighted by molar-refractivity contribution is 14.1. The lowest BCUT2D eigenvalue weighted by molar-refractivity contribution is -0.124. The number of ether oxygens (including phenoxy) is 1. The molecule has 1 heterocycles. The van der Waals surface area contributed by atoms with Gasteiger partial charge in [-0.05, 0) is 80.6 Å². The maximum absolute atomic E-state index is 12.9. The van der Waals surface area contributed by atoms with E-state index in [4.69, 9.17) is 14.9 Å². The topological polar surface area (TPSA) is 177 Å². The minimum absolute atomic E-state index is 0.109. The summed E-state index contributed by atoms with van der Waals surface area (Å²) in [7, 11) is 0. The number of hydrogen-bond acceptors (Lipinski definition) is 8. The number of rotatable bonds is 10. The van der Waals surface area contributed by atoms with Gasteiger partial charge in [0.2, 0.25) is 0 Å². The van der Waals surface area contributed by atoms with Crippen molar-refractivity contribution in [1.82, 2.24) is 10.6 Å². The van der Waals surface area contributed by atoms with Gasteiger partial charge in [-0.1, -0.05) is 0 Å². The summed E-state index contributed by atoms with van der Waals surface area (Å²) in [6, 6.07) is 0. The summed E-state index contributed by atoms with van der Waals surface area (Å²) in [4.78, 5) is 38.6. The molecule has 1 saturated heterocycles. The second kappa shape index (κ2) is 13.6. The monoisotopic (exact) mass is 803 g/mol. The van der Waals surface area contributed by atoms with E-state index in [-0.39, 0.29) is 29.9 Å². The van der Waals surface area contributed by atoms with Crippen molar-refractivity contribution in [2.45, 2.75) is 31.2 Å². The van der Waals surface area contributed by atoms with Crippen LogP contribution >= 0.6 is 67.8 Å². The van der Waals surface area contributed by atoms with E-state index in [0.717, 1.165) is 6.42 Å². The van der Waals surface area contributed by atoms with Gasteiger partial charge >= 0.3 is 0 Å². The Kier molecular flexibility index (Phi) is 11.9. The number of carbonyl (C=O) groups is 3. The molecule has 7 N–H and O–H groups in total. The van der Waals surface area contributed by atoms with Gasteiger partial charge in [-0.3, -0.25) is 14.4 Å². The van der Waals surface area contributed by atoms with Gasteiger partial charge in [-0.25, -0.2) is 0 Å². The van der Waals surface area contributed by atoms with Crippen molar-refractivity contribution in [3.63, 3.8) is 0 Å². The molecule has 0 bridgehead atoms. The molecular weight excluding hydrogens is 779 g/mol. The average molecular weight is 803 g/mol. The molecule has 11 nitrogen and oxygen atoms in total. The lowest BCUT2D eigenvalue weighted by atomic mass is 10.1. The minimum atomic E-state index is -1.16. The third-order valence-corrected chi connectivity index (χ3v) is 7.90. The van der Waals surface area contributed by atoms with E-state index in [1.54, 1.807) is 0 Å². The van der Waals surface area contributed by atoms with Gasteiger partial charge in [-0.15, -0.1) is 0 Å². The predicted octanol–water partition coefficient (Wildman–Crippen LogP) is -0.216. The Morgan fingerprint density at radius 3 is 1.79 bits per heavy atom. The highest BCUT2D eigenvalue weighted by atomic mass is 127. The normalized spacial score (nSPS) is 17.4. The molecule has 0 aliphatic carbocycles. The van der Waals surface area contributed by atoms with Gasteiger partial charge in [-0.2, -0.15) is 0 Å². The van der Waals surface area contributed by atoms with Crippen LogP contribution in [0.15, 0.2) is 0 Å². The molecule has 0 spiro atoms. The zero-order chi connectivity index (χ0) is 24.7. The van der Waals surface area contributed by atoms with Crippen LogP contribution in [0.3, 0.4) is 0 Å². The number of halogens is 3. The second-order valence-electron chi connectivity index (χ2n) is 7.15. The molecular formula is C19H24I3N3O8. The Labute approximate surface area is 230 Å². The number of aliphatic hydroxyl groups excluding tert-OH is 4. The van der Waals surface area contributed by atoms with Crippen molar-refractivity contribution in [2.75, 3.05) is 38.2 Å². The van der Waals surface area contributed by atoms with Crippen molar-refractivity contribution < 1.29 is 39.5 Å². The van der Waals surface area contributed by atoms with Crippen LogP contribution in [0.2, 0.25) is 0 Å². The Morgan fingerprint density at radius 2 is 1.39 bits per heavy atom. The molecule has 3 amide bonds. The molecule has 33 heavy (non-hydrogen) atoms. The molecule has 1 aliphatic rings. The molecule has 0 aromatic heterocycles. The minimum Gasteiger partial charge on any atom is -0.394 e. The lowest BCUT2D eigenvalue weighted by Gasteiger charge is -2.21. The third kappa shape index (κ3) is 7.55. The summed E-state index contributed by atoms with van der Waals surface area (Å²) in [5.74, 6) is -1.61. The van der Waals surface area contributed by atoms with Gasteiger partial charge in [0, 0.05) is 23.3 Å². The first kappa shape index (κ1) is 28.9. The highest BCUT2D eigenvalue weighted by Crippen LogP contribution is 2.36. The summed E-state index contributed by atoms with van der Waals surface area (Å²) in [5, 5.41) is 44.9. The summed E-state index contributed by atoms with van der Waals surface area (Å²) in [6.45, 7) is -1.03. The van der Waals surface area contributed by atoms with Crippen molar-refractivity contribution in [2.24, 2.45) is 0 Å². The maximum Gasteiger partial charge on any atom is 0.253 e. The predicted molar refractivity (Wildman–Crippen MR) is 143 cm³/mol. The first-order chi connectivity index (χ1) is 15.6. The van der Waals surface area contributed by atoms with E-state index in [9.17, 15) is 24.6 Å². The summed E-state index contributed by atoms with van der Waals surface area (Å²) in [6.07, 6.45) is -1.64. The number of benzene rings is 1. The van der Waals surface area contributed by atoms with Gasteiger partial charge in [0.05, 0.1) is 49.4 Å². The molecule has 3 unspecified atom stereocenters. The summed E-state index contributed by atoms with van der Waals surface area (Å²) in [5.41, 5.74) is 0.479. The first-order valence-electron chi connectivity index (χ1n) is 9.89. The SMILES string of the molecule is O=C(NCC(O)CO)c1c(I)c(NC(=O)C2CCCO2)c(I)c(C(=O)NCC(O)CO)c1I. The van der Waals surface area contributed by atoms with Crippen LogP contribution in [-0.2, 0) is 9.53 Å². The first-order valence-corrected chi connectivity index (χ1v) is 13.1. The van der Waals surface area contributed by atoms with Crippen LogP contribution in [0.1, 0.15) is 33.6 Å². The average Bonchev–Trinajstić information content (AvgIpc) is 3.33. The Morgan fingerprint density at radius 1 is 0.909 bits per heavy atom. The fourth-order valence-corrected chi connectivity index (χ4v) is 7.30. The molecule has 14 heteroatoms. The number of hydrogen-bond donors (Lipinski definition) is 7. The molecule has 1 fully saturated rings. The van der Waals surface area contributed by atoms with Gasteiger partial charge < -0.3 is 41.1 Å². The maximum atomic E-state index is 12.9. The smallest absolute Gasteiger partial charge is 0.253 e. The van der Waals surface area contributed by atoms with Crippen LogP contribution in [0.4, 0.5) is 5.69 Å². The quantitative estimate of drug-likeness (QED) is 0.159. The second-order valence-corrected chi connectivity index (χ2v) is 10.4. The molecule has 0 radical (unpaired) electrons. The fraction of sp³-hybridized carbons (Fsp3) is 0.526. The third-order valence-electron chi connectivity index (χ3n) is 4.66. The van der Waals surface area contributed by atoms with Gasteiger partial charge in [0.1, 0.15) is 6.10 Å². The molecule has 0 saturated carbocycles. The van der Waals surface area contributed by atoms with Gasteiger partial charge in [0.25, 0.3) is 17.7 Å². The fourth-order valence-electron chi connectivity index (χ4n) is 2.89. The molecule has 1 aliphatic heterocycles. The number of anilines is 1. The van der Waals surface area contributed by atoms with Crippen LogP contribution in [0.25, 0.3) is 0 Å². The number of aliphatic hydroxyl groups is 4. The van der Waals surface area contributed by atoms with Crippen LogP contribution in [-0.4, -0.2) is 89.4 Å². The molecule has 1 aromatic rings. The van der Waals surface area contributed by atoms with E-state index in [1.165, 1.54) is 0 Å². The number of amides is 3.